The summed E-state index contributed by atoms with van der Waals surface area (Å²) in [6.07, 6.45) is 0. The lowest BCUT2D eigenvalue weighted by Gasteiger charge is -2.08. The minimum absolute atomic E-state index is 0.0990. The van der Waals surface area contributed by atoms with Gasteiger partial charge in [0.25, 0.3) is 0 Å². The molecule has 92 valence electrons. The van der Waals surface area contributed by atoms with Crippen LogP contribution in [0.1, 0.15) is 27.0 Å². The summed E-state index contributed by atoms with van der Waals surface area (Å²) in [5.74, 6) is -0.0990. The van der Waals surface area contributed by atoms with E-state index in [4.69, 9.17) is 17.3 Å². The van der Waals surface area contributed by atoms with Gasteiger partial charge in [-0.25, -0.2) is 0 Å². The van der Waals surface area contributed by atoms with Crippen molar-refractivity contribution in [1.82, 2.24) is 0 Å². The molecule has 2 aromatic carbocycles. The highest BCUT2D eigenvalue weighted by atomic mass is 35.5. The normalized spacial score (nSPS) is 10.4. The van der Waals surface area contributed by atoms with Gasteiger partial charge < -0.3 is 5.73 Å². The zero-order valence-electron chi connectivity index (χ0n) is 10.3. The summed E-state index contributed by atoms with van der Waals surface area (Å²) in [6, 6.07) is 10.7. The smallest absolute Gasteiger partial charge is 0.195 e. The number of hydrogen-bond donors (Lipinski definition) is 1. The summed E-state index contributed by atoms with van der Waals surface area (Å²) in [5.41, 5.74) is 9.50. The van der Waals surface area contributed by atoms with Gasteiger partial charge in [-0.2, -0.15) is 0 Å². The standard InChI is InChI=1S/C15H14ClNO/c1-9-6-7-11(8-10(9)2)15(18)12-4-3-5-13(16)14(12)17/h3-8H,17H2,1-2H3. The highest BCUT2D eigenvalue weighted by Crippen LogP contribution is 2.25. The zero-order valence-corrected chi connectivity index (χ0v) is 11.1. The second kappa shape index (κ2) is 4.83. The van der Waals surface area contributed by atoms with Gasteiger partial charge in [-0.05, 0) is 43.2 Å². The Hall–Kier alpha value is -1.80. The molecule has 18 heavy (non-hydrogen) atoms. The minimum atomic E-state index is -0.0990. The molecule has 0 saturated heterocycles. The second-order valence-electron chi connectivity index (χ2n) is 4.33. The maximum atomic E-state index is 12.3. The number of benzene rings is 2. The van der Waals surface area contributed by atoms with Crippen LogP contribution in [0.25, 0.3) is 0 Å². The fourth-order valence-electron chi connectivity index (χ4n) is 1.77. The van der Waals surface area contributed by atoms with Crippen LogP contribution in [-0.2, 0) is 0 Å². The van der Waals surface area contributed by atoms with Crippen molar-refractivity contribution in [2.45, 2.75) is 13.8 Å². The van der Waals surface area contributed by atoms with Gasteiger partial charge in [0.15, 0.2) is 5.78 Å². The summed E-state index contributed by atoms with van der Waals surface area (Å²) < 4.78 is 0. The molecule has 0 bridgehead atoms. The number of carbonyl (C=O) groups excluding carboxylic acids is 1. The molecule has 2 nitrogen and oxygen atoms in total. The first kappa shape index (κ1) is 12.7. The van der Waals surface area contributed by atoms with Crippen molar-refractivity contribution in [1.29, 1.82) is 0 Å². The average molecular weight is 260 g/mol. The van der Waals surface area contributed by atoms with Gasteiger partial charge in [-0.1, -0.05) is 29.8 Å². The molecule has 0 aliphatic rings. The third-order valence-electron chi connectivity index (χ3n) is 3.07. The topological polar surface area (TPSA) is 43.1 Å². The van der Waals surface area contributed by atoms with Crippen molar-refractivity contribution in [2.75, 3.05) is 5.73 Å². The lowest BCUT2D eigenvalue weighted by Crippen LogP contribution is -2.06. The van der Waals surface area contributed by atoms with E-state index in [1.54, 1.807) is 18.2 Å². The Kier molecular flexibility index (Phi) is 3.39. The van der Waals surface area contributed by atoms with Crippen molar-refractivity contribution in [3.05, 3.63) is 63.7 Å². The fourth-order valence-corrected chi connectivity index (χ4v) is 1.95. The maximum Gasteiger partial charge on any atom is 0.195 e. The first-order valence-electron chi connectivity index (χ1n) is 5.66. The first-order chi connectivity index (χ1) is 8.50. The number of nitrogens with two attached hydrogens (primary N) is 1. The molecule has 0 aliphatic heterocycles. The zero-order chi connectivity index (χ0) is 13.3. The molecule has 0 atom stereocenters. The lowest BCUT2D eigenvalue weighted by molar-refractivity contribution is 0.103. The number of ketones is 1. The third kappa shape index (κ3) is 2.24. The Morgan fingerprint density at radius 2 is 1.83 bits per heavy atom. The Morgan fingerprint density at radius 3 is 2.50 bits per heavy atom. The maximum absolute atomic E-state index is 12.3. The highest BCUT2D eigenvalue weighted by molar-refractivity contribution is 6.34. The molecule has 0 fully saturated rings. The van der Waals surface area contributed by atoms with E-state index in [-0.39, 0.29) is 5.78 Å². The number of nitrogen functional groups attached to an aromatic ring is 1. The molecular weight excluding hydrogens is 246 g/mol. The lowest BCUT2D eigenvalue weighted by atomic mass is 9.98. The molecule has 0 heterocycles. The van der Waals surface area contributed by atoms with Crippen LogP contribution in [0, 0.1) is 13.8 Å². The monoisotopic (exact) mass is 259 g/mol. The van der Waals surface area contributed by atoms with Gasteiger partial charge in [0.05, 0.1) is 10.7 Å². The van der Waals surface area contributed by atoms with Gasteiger partial charge in [-0.15, -0.1) is 0 Å². The van der Waals surface area contributed by atoms with Crippen LogP contribution in [0.5, 0.6) is 0 Å². The fraction of sp³-hybridized carbons (Fsp3) is 0.133. The Labute approximate surface area is 111 Å². The SMILES string of the molecule is Cc1ccc(C(=O)c2cccc(Cl)c2N)cc1C. The predicted molar refractivity (Wildman–Crippen MR) is 75.2 cm³/mol. The van der Waals surface area contributed by atoms with E-state index in [0.717, 1.165) is 11.1 Å². The number of para-hydroxylation sites is 1. The Balaban J connectivity index is 2.48. The summed E-state index contributed by atoms with van der Waals surface area (Å²) in [6.45, 7) is 3.99. The largest absolute Gasteiger partial charge is 0.397 e. The molecule has 3 heteroatoms. The Morgan fingerprint density at radius 1 is 1.11 bits per heavy atom. The summed E-state index contributed by atoms with van der Waals surface area (Å²) >= 11 is 5.92. The van der Waals surface area contributed by atoms with Gasteiger partial charge in [-0.3, -0.25) is 4.79 Å². The summed E-state index contributed by atoms with van der Waals surface area (Å²) in [4.78, 5) is 12.3. The van der Waals surface area contributed by atoms with Crippen LogP contribution in [0.4, 0.5) is 5.69 Å². The molecule has 0 saturated carbocycles. The molecule has 2 aromatic rings. The molecule has 2 N–H and O–H groups in total. The molecule has 0 aliphatic carbocycles. The van der Waals surface area contributed by atoms with Gasteiger partial charge >= 0.3 is 0 Å². The van der Waals surface area contributed by atoms with E-state index < -0.39 is 0 Å². The van der Waals surface area contributed by atoms with Crippen LogP contribution in [0.3, 0.4) is 0 Å². The molecule has 2 rings (SSSR count). The molecule has 0 spiro atoms. The van der Waals surface area contributed by atoms with E-state index >= 15 is 0 Å². The molecular formula is C15H14ClNO. The van der Waals surface area contributed by atoms with Crippen LogP contribution in [0.2, 0.25) is 5.02 Å². The first-order valence-corrected chi connectivity index (χ1v) is 6.04. The number of hydrogen-bond acceptors (Lipinski definition) is 2. The van der Waals surface area contributed by atoms with Gasteiger partial charge in [0.2, 0.25) is 0 Å². The van der Waals surface area contributed by atoms with E-state index in [1.165, 1.54) is 0 Å². The van der Waals surface area contributed by atoms with Crippen LogP contribution in [0.15, 0.2) is 36.4 Å². The number of rotatable bonds is 2. The number of carbonyl (C=O) groups is 1. The second-order valence-corrected chi connectivity index (χ2v) is 4.74. The minimum Gasteiger partial charge on any atom is -0.397 e. The van der Waals surface area contributed by atoms with Crippen LogP contribution < -0.4 is 5.73 Å². The van der Waals surface area contributed by atoms with Gasteiger partial charge in [0.1, 0.15) is 0 Å². The van der Waals surface area contributed by atoms with Crippen LogP contribution in [-0.4, -0.2) is 5.78 Å². The van der Waals surface area contributed by atoms with Crippen LogP contribution >= 0.6 is 11.6 Å². The van der Waals surface area contributed by atoms with Gasteiger partial charge in [0, 0.05) is 11.1 Å². The van der Waals surface area contributed by atoms with Crippen molar-refractivity contribution in [2.24, 2.45) is 0 Å². The quantitative estimate of drug-likeness (QED) is 0.659. The third-order valence-corrected chi connectivity index (χ3v) is 3.40. The van der Waals surface area contributed by atoms with E-state index in [2.05, 4.69) is 0 Å². The predicted octanol–water partition coefficient (Wildman–Crippen LogP) is 3.77. The summed E-state index contributed by atoms with van der Waals surface area (Å²) in [5, 5.41) is 0.407. The van der Waals surface area contributed by atoms with Crippen molar-refractivity contribution < 1.29 is 4.79 Å². The number of halogens is 1. The van der Waals surface area contributed by atoms with E-state index in [9.17, 15) is 4.79 Å². The molecule has 0 amide bonds. The van der Waals surface area contributed by atoms with Crippen molar-refractivity contribution in [3.8, 4) is 0 Å². The number of aryl methyl sites for hydroxylation is 2. The molecule has 0 aromatic heterocycles. The molecule has 0 radical (unpaired) electrons. The van der Waals surface area contributed by atoms with E-state index in [1.807, 2.05) is 32.0 Å². The summed E-state index contributed by atoms with van der Waals surface area (Å²) in [7, 11) is 0. The molecule has 0 unspecified atom stereocenters. The Bertz CT molecular complexity index is 620. The van der Waals surface area contributed by atoms with Crippen molar-refractivity contribution >= 4 is 23.1 Å². The highest BCUT2D eigenvalue weighted by Gasteiger charge is 2.14. The van der Waals surface area contributed by atoms with Crippen molar-refractivity contribution in [3.63, 3.8) is 0 Å². The number of anilines is 1. The average Bonchev–Trinajstić information content (AvgIpc) is 2.35. The van der Waals surface area contributed by atoms with E-state index in [0.29, 0.717) is 21.8 Å².